The van der Waals surface area contributed by atoms with E-state index in [2.05, 4.69) is 19.2 Å². The van der Waals surface area contributed by atoms with E-state index in [-0.39, 0.29) is 12.5 Å². The van der Waals surface area contributed by atoms with Gasteiger partial charge in [0.25, 0.3) is 0 Å². The molecule has 0 saturated carbocycles. The number of ether oxygens (including phenoxy) is 2. The van der Waals surface area contributed by atoms with Crippen LogP contribution in [-0.2, 0) is 14.3 Å². The Balaban J connectivity index is 1.93. The fourth-order valence-electron chi connectivity index (χ4n) is 9.81. The minimum Gasteiger partial charge on any atom is -0.394 e. The highest BCUT2D eigenvalue weighted by Crippen LogP contribution is 2.23. The van der Waals surface area contributed by atoms with Crippen molar-refractivity contribution in [3.63, 3.8) is 0 Å². The molecule has 394 valence electrons. The molecule has 0 aromatic heterocycles. The summed E-state index contributed by atoms with van der Waals surface area (Å²) >= 11 is 0. The van der Waals surface area contributed by atoms with Crippen molar-refractivity contribution in [3.05, 3.63) is 0 Å². The van der Waals surface area contributed by atoms with Crippen LogP contribution >= 0.6 is 0 Å². The maximum Gasteiger partial charge on any atom is 0.220 e. The van der Waals surface area contributed by atoms with Gasteiger partial charge >= 0.3 is 0 Å². The second-order valence-corrected chi connectivity index (χ2v) is 20.8. The van der Waals surface area contributed by atoms with Gasteiger partial charge in [0, 0.05) is 6.42 Å². The van der Waals surface area contributed by atoms with Crippen LogP contribution in [0.1, 0.15) is 303 Å². The Hall–Kier alpha value is -0.810. The topological polar surface area (TPSA) is 149 Å². The second-order valence-electron chi connectivity index (χ2n) is 20.8. The van der Waals surface area contributed by atoms with Gasteiger partial charge in [0.1, 0.15) is 24.4 Å². The molecule has 1 aliphatic heterocycles. The SMILES string of the molecule is CCCCCCCCCCCCCCCCCCCCCCCCCCCCCCCCCCCCCCCC(=O)NC(COC1OC(CO)C(O)C(O)C1O)C(O)CCCCCCCC. The molecule has 1 amide bonds. The lowest BCUT2D eigenvalue weighted by atomic mass is 9.99. The zero-order valence-corrected chi connectivity index (χ0v) is 43.7. The molecule has 7 atom stereocenters. The van der Waals surface area contributed by atoms with Gasteiger partial charge in [0.2, 0.25) is 5.91 Å². The first-order chi connectivity index (χ1) is 32.3. The van der Waals surface area contributed by atoms with E-state index in [1.54, 1.807) is 0 Å². The third kappa shape index (κ3) is 37.1. The highest BCUT2D eigenvalue weighted by atomic mass is 16.7. The molecule has 0 aromatic rings. The van der Waals surface area contributed by atoms with Crippen LogP contribution in [0.3, 0.4) is 0 Å². The van der Waals surface area contributed by atoms with E-state index in [1.807, 2.05) is 0 Å². The maximum atomic E-state index is 12.9. The largest absolute Gasteiger partial charge is 0.394 e. The summed E-state index contributed by atoms with van der Waals surface area (Å²) < 4.78 is 11.2. The predicted molar refractivity (Wildman–Crippen MR) is 277 cm³/mol. The first kappa shape index (κ1) is 63.2. The smallest absolute Gasteiger partial charge is 0.220 e. The van der Waals surface area contributed by atoms with Crippen molar-refractivity contribution in [3.8, 4) is 0 Å². The van der Waals surface area contributed by atoms with Crippen LogP contribution in [0.15, 0.2) is 0 Å². The lowest BCUT2D eigenvalue weighted by Gasteiger charge is -2.40. The van der Waals surface area contributed by atoms with E-state index in [9.17, 15) is 30.3 Å². The van der Waals surface area contributed by atoms with E-state index in [0.717, 1.165) is 38.5 Å². The molecule has 0 bridgehead atoms. The van der Waals surface area contributed by atoms with Gasteiger partial charge < -0.3 is 40.3 Å². The summed E-state index contributed by atoms with van der Waals surface area (Å²) in [6, 6.07) is -0.710. The Morgan fingerprint density at radius 3 is 1.08 bits per heavy atom. The molecular formula is C57H113NO8. The minimum atomic E-state index is -1.55. The van der Waals surface area contributed by atoms with Crippen molar-refractivity contribution in [2.24, 2.45) is 0 Å². The van der Waals surface area contributed by atoms with Crippen LogP contribution in [0.5, 0.6) is 0 Å². The summed E-state index contributed by atoms with van der Waals surface area (Å²) in [4.78, 5) is 12.9. The molecule has 7 unspecified atom stereocenters. The summed E-state index contributed by atoms with van der Waals surface area (Å²) in [6.45, 7) is 3.80. The molecule has 9 nitrogen and oxygen atoms in total. The van der Waals surface area contributed by atoms with Gasteiger partial charge in [-0.1, -0.05) is 284 Å². The first-order valence-electron chi connectivity index (χ1n) is 29.2. The molecule has 66 heavy (non-hydrogen) atoms. The Bertz CT molecular complexity index is 1000. The van der Waals surface area contributed by atoms with E-state index in [0.29, 0.717) is 12.8 Å². The first-order valence-corrected chi connectivity index (χ1v) is 29.2. The third-order valence-corrected chi connectivity index (χ3v) is 14.5. The molecule has 0 radical (unpaired) electrons. The number of aliphatic hydroxyl groups is 5. The number of carbonyl (C=O) groups is 1. The van der Waals surface area contributed by atoms with Gasteiger partial charge in [-0.15, -0.1) is 0 Å². The van der Waals surface area contributed by atoms with Crippen LogP contribution in [0, 0.1) is 0 Å². The lowest BCUT2D eigenvalue weighted by molar-refractivity contribution is -0.302. The fraction of sp³-hybridized carbons (Fsp3) is 0.982. The Morgan fingerprint density at radius 2 is 0.758 bits per heavy atom. The molecule has 9 heteroatoms. The number of amides is 1. The van der Waals surface area contributed by atoms with Crippen LogP contribution in [0.4, 0.5) is 0 Å². The monoisotopic (exact) mass is 940 g/mol. The van der Waals surface area contributed by atoms with Gasteiger partial charge in [-0.2, -0.15) is 0 Å². The van der Waals surface area contributed by atoms with Gasteiger partial charge in [0.05, 0.1) is 25.4 Å². The molecule has 0 aromatic carbocycles. The standard InChI is InChI=1S/C57H113NO8/c1-3-5-7-9-11-12-13-14-15-16-17-18-19-20-21-22-23-24-25-26-27-28-29-30-31-32-33-34-35-36-37-38-39-40-41-43-45-47-53(61)58-50(51(60)46-44-42-10-8-6-4-2)49-65-57-56(64)55(63)54(62)52(48-59)66-57/h50-52,54-57,59-60,62-64H,3-49H2,1-2H3,(H,58,61). The predicted octanol–water partition coefficient (Wildman–Crippen LogP) is 14.2. The van der Waals surface area contributed by atoms with Crippen LogP contribution in [-0.4, -0.2) is 87.5 Å². The normalized spacial score (nSPS) is 19.7. The van der Waals surface area contributed by atoms with Crippen molar-refractivity contribution < 1.29 is 39.8 Å². The molecule has 1 saturated heterocycles. The van der Waals surface area contributed by atoms with Crippen LogP contribution < -0.4 is 5.32 Å². The fourth-order valence-corrected chi connectivity index (χ4v) is 9.81. The second kappa shape index (κ2) is 47.8. The van der Waals surface area contributed by atoms with Crippen molar-refractivity contribution in [2.75, 3.05) is 13.2 Å². The number of carbonyl (C=O) groups excluding carboxylic acids is 1. The molecule has 1 aliphatic rings. The highest BCUT2D eigenvalue weighted by Gasteiger charge is 2.44. The number of nitrogens with one attached hydrogen (secondary N) is 1. The molecule has 1 heterocycles. The maximum absolute atomic E-state index is 12.9. The van der Waals surface area contributed by atoms with Crippen molar-refractivity contribution in [1.29, 1.82) is 0 Å². The summed E-state index contributed by atoms with van der Waals surface area (Å²) in [5.41, 5.74) is 0. The average Bonchev–Trinajstić information content (AvgIpc) is 3.32. The van der Waals surface area contributed by atoms with Gasteiger partial charge in [-0.05, 0) is 12.8 Å². The van der Waals surface area contributed by atoms with Crippen molar-refractivity contribution >= 4 is 5.91 Å². The number of hydrogen-bond acceptors (Lipinski definition) is 8. The van der Waals surface area contributed by atoms with Gasteiger partial charge in [0.15, 0.2) is 6.29 Å². The van der Waals surface area contributed by atoms with E-state index in [1.165, 1.54) is 238 Å². The summed E-state index contributed by atoms with van der Waals surface area (Å²) in [6.07, 6.45) is 50.8. The third-order valence-electron chi connectivity index (χ3n) is 14.5. The van der Waals surface area contributed by atoms with Gasteiger partial charge in [-0.25, -0.2) is 0 Å². The zero-order valence-electron chi connectivity index (χ0n) is 43.7. The Kier molecular flexibility index (Phi) is 45.8. The molecule has 0 spiro atoms. The Labute approximate surface area is 408 Å². The Morgan fingerprint density at radius 1 is 0.455 bits per heavy atom. The summed E-state index contributed by atoms with van der Waals surface area (Å²) in [5, 5.41) is 54.1. The summed E-state index contributed by atoms with van der Waals surface area (Å²) in [5.74, 6) is -0.143. The van der Waals surface area contributed by atoms with Gasteiger partial charge in [-0.3, -0.25) is 4.79 Å². The van der Waals surface area contributed by atoms with Crippen molar-refractivity contribution in [2.45, 2.75) is 346 Å². The highest BCUT2D eigenvalue weighted by molar-refractivity contribution is 5.76. The molecule has 1 fully saturated rings. The zero-order chi connectivity index (χ0) is 48.0. The van der Waals surface area contributed by atoms with Crippen LogP contribution in [0.25, 0.3) is 0 Å². The van der Waals surface area contributed by atoms with E-state index in [4.69, 9.17) is 9.47 Å². The van der Waals surface area contributed by atoms with E-state index < -0.39 is 49.5 Å². The summed E-state index contributed by atoms with van der Waals surface area (Å²) in [7, 11) is 0. The van der Waals surface area contributed by atoms with E-state index >= 15 is 0 Å². The number of aliphatic hydroxyl groups excluding tert-OH is 5. The molecule has 6 N–H and O–H groups in total. The minimum absolute atomic E-state index is 0.134. The quantitative estimate of drug-likeness (QED) is 0.0330. The number of unbranched alkanes of at least 4 members (excludes halogenated alkanes) is 41. The van der Waals surface area contributed by atoms with Crippen molar-refractivity contribution in [1.82, 2.24) is 5.32 Å². The molecule has 0 aliphatic carbocycles. The molecule has 1 rings (SSSR count). The average molecular weight is 941 g/mol. The lowest BCUT2D eigenvalue weighted by Crippen LogP contribution is -2.60. The molecular weight excluding hydrogens is 827 g/mol. The van der Waals surface area contributed by atoms with Crippen LogP contribution in [0.2, 0.25) is 0 Å². The number of hydrogen-bond donors (Lipinski definition) is 6. The number of rotatable bonds is 51.